The lowest BCUT2D eigenvalue weighted by molar-refractivity contribution is -0.137. The van der Waals surface area contributed by atoms with Crippen molar-refractivity contribution in [2.45, 2.75) is 83.0 Å². The lowest BCUT2D eigenvalue weighted by Gasteiger charge is -2.32. The summed E-state index contributed by atoms with van der Waals surface area (Å²) in [4.78, 5) is 13.0. The Morgan fingerprint density at radius 1 is 1.27 bits per heavy atom. The van der Waals surface area contributed by atoms with Gasteiger partial charge in [-0.1, -0.05) is 6.42 Å². The van der Waals surface area contributed by atoms with Gasteiger partial charge in [0.1, 0.15) is 5.56 Å². The average Bonchev–Trinajstić information content (AvgIpc) is 3.34. The second kappa shape index (κ2) is 14.4. The molecule has 1 unspecified atom stereocenters. The third-order valence-electron chi connectivity index (χ3n) is 6.17. The van der Waals surface area contributed by atoms with Crippen LogP contribution in [0.5, 0.6) is 0 Å². The number of nitriles is 1. The lowest BCUT2D eigenvalue weighted by atomic mass is 10.1. The van der Waals surface area contributed by atoms with Crippen LogP contribution in [-0.4, -0.2) is 59.9 Å². The van der Waals surface area contributed by atoms with Crippen LogP contribution in [0.3, 0.4) is 0 Å². The number of unbranched alkanes of at least 4 members (excludes halogenated alkanes) is 4. The number of aliphatic hydroxyl groups is 1. The highest BCUT2D eigenvalue weighted by molar-refractivity contribution is 7.93. The Morgan fingerprint density at radius 3 is 2.62 bits per heavy atom. The van der Waals surface area contributed by atoms with Crippen LogP contribution >= 0.6 is 11.3 Å². The zero-order valence-corrected chi connectivity index (χ0v) is 24.1. The summed E-state index contributed by atoms with van der Waals surface area (Å²) >= 11 is -0.419. The molecule has 0 aromatic carbocycles. The molecule has 0 radical (unpaired) electrons. The van der Waals surface area contributed by atoms with Crippen molar-refractivity contribution in [3.05, 3.63) is 33.9 Å². The van der Waals surface area contributed by atoms with E-state index >= 15 is 0 Å². The van der Waals surface area contributed by atoms with Gasteiger partial charge in [0.05, 0.1) is 44.8 Å². The van der Waals surface area contributed by atoms with Crippen LogP contribution in [0.25, 0.3) is 10.6 Å². The maximum Gasteiger partial charge on any atom is 0.420 e. The van der Waals surface area contributed by atoms with Crippen LogP contribution in [0.2, 0.25) is 0 Å². The highest BCUT2D eigenvalue weighted by Crippen LogP contribution is 2.38. The lowest BCUT2D eigenvalue weighted by Crippen LogP contribution is -2.43. The fourth-order valence-corrected chi connectivity index (χ4v) is 6.51. The van der Waals surface area contributed by atoms with Gasteiger partial charge in [0, 0.05) is 44.4 Å². The Balaban J connectivity index is 1.64. The number of nitrogens with zero attached hydrogens (tertiary/aromatic N) is 5. The molecule has 2 aromatic heterocycles. The van der Waals surface area contributed by atoms with E-state index in [0.29, 0.717) is 48.7 Å². The van der Waals surface area contributed by atoms with Crippen LogP contribution in [0, 0.1) is 16.7 Å². The van der Waals surface area contributed by atoms with Crippen LogP contribution in [0.4, 0.5) is 19.1 Å². The number of alkyl halides is 3. The van der Waals surface area contributed by atoms with Crippen molar-refractivity contribution in [3.8, 4) is 16.6 Å². The predicted molar refractivity (Wildman–Crippen MR) is 150 cm³/mol. The van der Waals surface area contributed by atoms with Crippen molar-refractivity contribution in [3.63, 3.8) is 0 Å². The SMILES string of the molecule is CC(C)(O)Cc1ncc(-c2nc(NC3CCN([S+]([O-])/C(C=N)=C/CCCCCC#N)CC3)ncc2C(F)(F)F)s1. The Kier molecular flexibility index (Phi) is 11.5. The topological polar surface area (TPSA) is 145 Å². The molecule has 0 spiro atoms. The number of aromatic nitrogens is 3. The largest absolute Gasteiger partial charge is 0.593 e. The molecule has 0 saturated carbocycles. The molecule has 218 valence electrons. The molecule has 1 aliphatic heterocycles. The Bertz CT molecular complexity index is 1200. The van der Waals surface area contributed by atoms with Crippen molar-refractivity contribution in [2.24, 2.45) is 0 Å². The van der Waals surface area contributed by atoms with Gasteiger partial charge in [-0.15, -0.1) is 15.6 Å². The molecule has 2 aromatic rings. The molecular weight excluding hydrogens is 563 g/mol. The van der Waals surface area contributed by atoms with Gasteiger partial charge in [-0.3, -0.25) is 0 Å². The molecule has 40 heavy (non-hydrogen) atoms. The first-order valence-electron chi connectivity index (χ1n) is 13.0. The number of halogens is 3. The molecule has 0 bridgehead atoms. The highest BCUT2D eigenvalue weighted by Gasteiger charge is 2.36. The molecule has 0 amide bonds. The minimum Gasteiger partial charge on any atom is -0.593 e. The Hall–Kier alpha value is -2.57. The van der Waals surface area contributed by atoms with Gasteiger partial charge in [0.25, 0.3) is 0 Å². The molecule has 1 atom stereocenters. The minimum atomic E-state index is -4.65. The smallest absolute Gasteiger partial charge is 0.420 e. The summed E-state index contributed by atoms with van der Waals surface area (Å²) in [5, 5.41) is 29.9. The molecule has 0 aliphatic carbocycles. The number of thiazole rings is 1. The number of nitrogens with one attached hydrogen (secondary N) is 2. The van der Waals surface area contributed by atoms with Gasteiger partial charge >= 0.3 is 6.18 Å². The number of rotatable bonds is 13. The molecular formula is C26H34F3N7O2S2. The highest BCUT2D eigenvalue weighted by atomic mass is 32.2. The van der Waals surface area contributed by atoms with Crippen LogP contribution in [-0.2, 0) is 24.0 Å². The van der Waals surface area contributed by atoms with E-state index in [9.17, 15) is 22.8 Å². The van der Waals surface area contributed by atoms with E-state index in [-0.39, 0.29) is 29.0 Å². The monoisotopic (exact) mass is 597 g/mol. The summed E-state index contributed by atoms with van der Waals surface area (Å²) in [5.41, 5.74) is -2.28. The third kappa shape index (κ3) is 9.52. The maximum atomic E-state index is 13.7. The molecule has 1 aliphatic rings. The van der Waals surface area contributed by atoms with Crippen LogP contribution in [0.15, 0.2) is 23.4 Å². The summed E-state index contributed by atoms with van der Waals surface area (Å²) < 4.78 is 56.0. The Labute approximate surface area is 239 Å². The van der Waals surface area contributed by atoms with Crippen LogP contribution in [0.1, 0.15) is 69.4 Å². The quantitative estimate of drug-likeness (QED) is 0.156. The van der Waals surface area contributed by atoms with E-state index in [1.165, 1.54) is 6.20 Å². The molecule has 9 nitrogen and oxygen atoms in total. The second-order valence-corrected chi connectivity index (χ2v) is 12.8. The summed E-state index contributed by atoms with van der Waals surface area (Å²) in [6.07, 6.45) is 5.51. The number of hydrogen-bond donors (Lipinski definition) is 3. The Morgan fingerprint density at radius 2 is 2.00 bits per heavy atom. The third-order valence-corrected chi connectivity index (χ3v) is 8.69. The standard InChI is InChI=1S/C26H34F3N7O2S2/c1-25(2,37)14-22-32-17-21(39-22)23-20(26(27,28)29)16-33-24(35-23)34-18-9-12-36(13-10-18)40(38)19(15-31)8-6-4-3-5-7-11-30/h8,15-18,31,37H,3-7,9-10,12-14H2,1-2H3,(H,33,34,35)/b19-8+,31-15?. The first-order valence-corrected chi connectivity index (χ1v) is 15.0. The summed E-state index contributed by atoms with van der Waals surface area (Å²) in [6.45, 7) is 4.15. The van der Waals surface area contributed by atoms with Gasteiger partial charge in [0.15, 0.2) is 4.91 Å². The first-order chi connectivity index (χ1) is 18.9. The fraction of sp³-hybridized carbons (Fsp3) is 0.577. The normalized spacial score (nSPS) is 16.5. The zero-order valence-electron chi connectivity index (χ0n) is 22.5. The number of anilines is 1. The van der Waals surface area contributed by atoms with Gasteiger partial charge < -0.3 is 20.4 Å². The van der Waals surface area contributed by atoms with E-state index in [1.54, 1.807) is 18.2 Å². The molecule has 1 saturated heterocycles. The maximum absolute atomic E-state index is 13.7. The van der Waals surface area contributed by atoms with Gasteiger partial charge in [-0.25, -0.2) is 15.0 Å². The van der Waals surface area contributed by atoms with Gasteiger partial charge in [0.2, 0.25) is 5.95 Å². The van der Waals surface area contributed by atoms with E-state index in [4.69, 9.17) is 10.7 Å². The van der Waals surface area contributed by atoms with Crippen molar-refractivity contribution in [2.75, 3.05) is 18.4 Å². The molecule has 1 fully saturated rings. The fourth-order valence-electron chi connectivity index (χ4n) is 4.17. The first kappa shape index (κ1) is 32.0. The van der Waals surface area contributed by atoms with Crippen molar-refractivity contribution in [1.29, 1.82) is 10.7 Å². The molecule has 3 rings (SSSR count). The van der Waals surface area contributed by atoms with Crippen molar-refractivity contribution >= 4 is 34.9 Å². The predicted octanol–water partition coefficient (Wildman–Crippen LogP) is 5.48. The number of allylic oxidation sites excluding steroid dienone is 2. The van der Waals surface area contributed by atoms with E-state index < -0.39 is 28.7 Å². The summed E-state index contributed by atoms with van der Waals surface area (Å²) in [7, 11) is 0. The zero-order chi connectivity index (χ0) is 29.3. The number of piperidine rings is 1. The molecule has 3 N–H and O–H groups in total. The summed E-state index contributed by atoms with van der Waals surface area (Å²) in [5.74, 6) is 0.0662. The molecule has 14 heteroatoms. The van der Waals surface area contributed by atoms with E-state index in [2.05, 4.69) is 26.3 Å². The van der Waals surface area contributed by atoms with Gasteiger partial charge in [-0.05, 0) is 52.0 Å². The minimum absolute atomic E-state index is 0.0662. The number of hydrogen-bond acceptors (Lipinski definition) is 10. The van der Waals surface area contributed by atoms with E-state index in [1.807, 2.05) is 6.08 Å². The van der Waals surface area contributed by atoms with Gasteiger partial charge in [-0.2, -0.15) is 18.4 Å². The second-order valence-electron chi connectivity index (χ2n) is 10.2. The van der Waals surface area contributed by atoms with Crippen molar-refractivity contribution < 1.29 is 22.8 Å². The molecule has 3 heterocycles. The van der Waals surface area contributed by atoms with Crippen molar-refractivity contribution in [1.82, 2.24) is 19.3 Å². The van der Waals surface area contributed by atoms with Crippen LogP contribution < -0.4 is 5.32 Å². The van der Waals surface area contributed by atoms with E-state index in [0.717, 1.165) is 43.0 Å². The summed E-state index contributed by atoms with van der Waals surface area (Å²) in [6, 6.07) is 1.98. The average molecular weight is 598 g/mol.